The molecule has 1 saturated heterocycles. The van der Waals surface area contributed by atoms with Crippen molar-refractivity contribution in [2.24, 2.45) is 7.05 Å². The van der Waals surface area contributed by atoms with Crippen LogP contribution in [0.15, 0.2) is 30.7 Å². The summed E-state index contributed by atoms with van der Waals surface area (Å²) in [6.45, 7) is 0.732. The molecule has 5 rings (SSSR count). The second kappa shape index (κ2) is 6.56. The van der Waals surface area contributed by atoms with E-state index < -0.39 is 0 Å². The normalized spacial score (nSPS) is 21.7. The van der Waals surface area contributed by atoms with Crippen LogP contribution in [0, 0.1) is 0 Å². The molecular weight excluding hydrogens is 340 g/mol. The fourth-order valence-corrected chi connectivity index (χ4v) is 4.44. The predicted molar refractivity (Wildman–Crippen MR) is 103 cm³/mol. The average Bonchev–Trinajstić information content (AvgIpc) is 3.27. The summed E-state index contributed by atoms with van der Waals surface area (Å²) in [6.07, 6.45) is 12.6. The van der Waals surface area contributed by atoms with Crippen LogP contribution in [0.5, 0.6) is 0 Å². The summed E-state index contributed by atoms with van der Waals surface area (Å²) >= 11 is 0. The van der Waals surface area contributed by atoms with Crippen molar-refractivity contribution < 1.29 is 4.74 Å². The first-order chi connectivity index (χ1) is 13.2. The fourth-order valence-electron chi connectivity index (χ4n) is 4.44. The molecule has 3 aromatic heterocycles. The van der Waals surface area contributed by atoms with Gasteiger partial charge in [0.2, 0.25) is 0 Å². The van der Waals surface area contributed by atoms with Crippen molar-refractivity contribution in [3.05, 3.63) is 30.7 Å². The molecule has 140 valence electrons. The van der Waals surface area contributed by atoms with E-state index >= 15 is 0 Å². The number of aryl methyl sites for hydroxylation is 1. The molecule has 0 radical (unpaired) electrons. The quantitative estimate of drug-likeness (QED) is 0.768. The molecule has 0 amide bonds. The van der Waals surface area contributed by atoms with Crippen molar-refractivity contribution >= 4 is 16.9 Å². The molecule has 3 aromatic rings. The van der Waals surface area contributed by atoms with E-state index in [4.69, 9.17) is 14.7 Å². The van der Waals surface area contributed by atoms with Gasteiger partial charge in [0.25, 0.3) is 0 Å². The standard InChI is InChI=1S/C20H24N6O/c1-26-19-16(12-22-26)18(24-17(25-19)14-5-9-21-10-6-14)23-15-11-20(27-13-15)7-3-2-4-8-20/h5-6,9-10,12,15H,2-4,7-8,11,13H2,1H3,(H,23,24,25)/t15-/m0/s1. The Balaban J connectivity index is 1.47. The maximum Gasteiger partial charge on any atom is 0.164 e. The lowest BCUT2D eigenvalue weighted by molar-refractivity contribution is -0.0244. The third kappa shape index (κ3) is 3.06. The van der Waals surface area contributed by atoms with E-state index in [1.165, 1.54) is 32.1 Å². The van der Waals surface area contributed by atoms with Crippen LogP contribution in [0.25, 0.3) is 22.4 Å². The molecule has 7 nitrogen and oxygen atoms in total. The largest absolute Gasteiger partial charge is 0.373 e. The van der Waals surface area contributed by atoms with Gasteiger partial charge in [-0.1, -0.05) is 19.3 Å². The summed E-state index contributed by atoms with van der Waals surface area (Å²) in [4.78, 5) is 13.6. The second-order valence-electron chi connectivity index (χ2n) is 7.74. The van der Waals surface area contributed by atoms with Crippen molar-refractivity contribution in [3.8, 4) is 11.4 Å². The van der Waals surface area contributed by atoms with E-state index in [2.05, 4.69) is 15.4 Å². The molecule has 2 fully saturated rings. The molecule has 0 aromatic carbocycles. The fraction of sp³-hybridized carbons (Fsp3) is 0.500. The molecule has 7 heteroatoms. The van der Waals surface area contributed by atoms with Gasteiger partial charge >= 0.3 is 0 Å². The number of nitrogens with one attached hydrogen (secondary N) is 1. The zero-order valence-electron chi connectivity index (χ0n) is 15.6. The molecule has 1 saturated carbocycles. The van der Waals surface area contributed by atoms with E-state index in [-0.39, 0.29) is 11.6 Å². The number of fused-ring (bicyclic) bond motifs is 1. The highest BCUT2D eigenvalue weighted by Gasteiger charge is 2.41. The van der Waals surface area contributed by atoms with Crippen molar-refractivity contribution in [1.29, 1.82) is 0 Å². The Bertz CT molecular complexity index is 948. The molecule has 0 unspecified atom stereocenters. The summed E-state index contributed by atoms with van der Waals surface area (Å²) in [5.74, 6) is 1.52. The van der Waals surface area contributed by atoms with E-state index in [9.17, 15) is 0 Å². The van der Waals surface area contributed by atoms with Crippen LogP contribution in [0.2, 0.25) is 0 Å². The molecule has 1 spiro atoms. The zero-order valence-corrected chi connectivity index (χ0v) is 15.6. The molecule has 2 aliphatic rings. The van der Waals surface area contributed by atoms with Crippen LogP contribution < -0.4 is 5.32 Å². The van der Waals surface area contributed by atoms with Gasteiger partial charge in [-0.15, -0.1) is 0 Å². The Labute approximate surface area is 158 Å². The van der Waals surface area contributed by atoms with Crippen LogP contribution >= 0.6 is 0 Å². The van der Waals surface area contributed by atoms with Crippen LogP contribution in [0.3, 0.4) is 0 Å². The molecule has 1 N–H and O–H groups in total. The molecule has 4 heterocycles. The summed E-state index contributed by atoms with van der Waals surface area (Å²) < 4.78 is 8.06. The number of pyridine rings is 1. The number of anilines is 1. The van der Waals surface area contributed by atoms with Gasteiger partial charge in [-0.05, 0) is 31.4 Å². The van der Waals surface area contributed by atoms with Gasteiger partial charge in [0.15, 0.2) is 11.5 Å². The number of rotatable bonds is 3. The summed E-state index contributed by atoms with van der Waals surface area (Å²) in [5, 5.41) is 8.96. The monoisotopic (exact) mass is 364 g/mol. The van der Waals surface area contributed by atoms with Crippen molar-refractivity contribution in [2.45, 2.75) is 50.2 Å². The first-order valence-corrected chi connectivity index (χ1v) is 9.73. The third-order valence-corrected chi connectivity index (χ3v) is 5.85. The first kappa shape index (κ1) is 16.6. The van der Waals surface area contributed by atoms with Gasteiger partial charge in [0.1, 0.15) is 5.82 Å². The Kier molecular flexibility index (Phi) is 4.04. The van der Waals surface area contributed by atoms with Crippen molar-refractivity contribution in [3.63, 3.8) is 0 Å². The lowest BCUT2D eigenvalue weighted by atomic mass is 9.82. The van der Waals surface area contributed by atoms with Gasteiger partial charge < -0.3 is 10.1 Å². The zero-order chi connectivity index (χ0) is 18.3. The van der Waals surface area contributed by atoms with Crippen LogP contribution in [-0.2, 0) is 11.8 Å². The molecular formula is C20H24N6O. The second-order valence-corrected chi connectivity index (χ2v) is 7.74. The average molecular weight is 364 g/mol. The number of aromatic nitrogens is 5. The van der Waals surface area contributed by atoms with Gasteiger partial charge in [0.05, 0.1) is 29.8 Å². The summed E-state index contributed by atoms with van der Waals surface area (Å²) in [5.41, 5.74) is 1.85. The highest BCUT2D eigenvalue weighted by Crippen LogP contribution is 2.40. The Morgan fingerprint density at radius 2 is 1.96 bits per heavy atom. The predicted octanol–water partition coefficient (Wildman–Crippen LogP) is 3.33. The summed E-state index contributed by atoms with van der Waals surface area (Å²) in [7, 11) is 1.91. The lowest BCUT2D eigenvalue weighted by Gasteiger charge is -2.32. The SMILES string of the molecule is Cn1ncc2c(N[C@@H]3COC4(CCCCC4)C3)nc(-c3ccncc3)nc21. The van der Waals surface area contributed by atoms with Crippen molar-refractivity contribution in [1.82, 2.24) is 24.7 Å². The molecule has 1 aliphatic heterocycles. The topological polar surface area (TPSA) is 77.8 Å². The van der Waals surface area contributed by atoms with Gasteiger partial charge in [-0.3, -0.25) is 9.67 Å². The van der Waals surface area contributed by atoms with Gasteiger partial charge in [-0.25, -0.2) is 9.97 Å². The number of hydrogen-bond acceptors (Lipinski definition) is 6. The Hall–Kier alpha value is -2.54. The molecule has 1 aliphatic carbocycles. The number of ether oxygens (including phenoxy) is 1. The van der Waals surface area contributed by atoms with E-state index in [1.807, 2.05) is 25.4 Å². The minimum atomic E-state index is 0.0743. The highest BCUT2D eigenvalue weighted by atomic mass is 16.5. The van der Waals surface area contributed by atoms with Gasteiger partial charge in [0, 0.05) is 25.0 Å². The van der Waals surface area contributed by atoms with Crippen LogP contribution in [0.4, 0.5) is 5.82 Å². The van der Waals surface area contributed by atoms with E-state index in [0.717, 1.165) is 35.4 Å². The molecule has 0 bridgehead atoms. The Morgan fingerprint density at radius 3 is 2.78 bits per heavy atom. The minimum Gasteiger partial charge on any atom is -0.373 e. The van der Waals surface area contributed by atoms with E-state index in [0.29, 0.717) is 5.82 Å². The van der Waals surface area contributed by atoms with E-state index in [1.54, 1.807) is 17.1 Å². The molecule has 1 atom stereocenters. The molecule has 27 heavy (non-hydrogen) atoms. The highest BCUT2D eigenvalue weighted by molar-refractivity contribution is 5.88. The smallest absolute Gasteiger partial charge is 0.164 e. The maximum absolute atomic E-state index is 6.26. The lowest BCUT2D eigenvalue weighted by Crippen LogP contribution is -2.31. The van der Waals surface area contributed by atoms with Crippen LogP contribution in [0.1, 0.15) is 38.5 Å². The van der Waals surface area contributed by atoms with Gasteiger partial charge in [-0.2, -0.15) is 5.10 Å². The Morgan fingerprint density at radius 1 is 1.15 bits per heavy atom. The third-order valence-electron chi connectivity index (χ3n) is 5.85. The number of hydrogen-bond donors (Lipinski definition) is 1. The first-order valence-electron chi connectivity index (χ1n) is 9.73. The minimum absolute atomic E-state index is 0.0743. The number of nitrogens with zero attached hydrogens (tertiary/aromatic N) is 5. The van der Waals surface area contributed by atoms with Crippen molar-refractivity contribution in [2.75, 3.05) is 11.9 Å². The summed E-state index contributed by atoms with van der Waals surface area (Å²) in [6, 6.07) is 4.13. The van der Waals surface area contributed by atoms with Crippen LogP contribution in [-0.4, -0.2) is 43.0 Å². The maximum atomic E-state index is 6.26.